The lowest BCUT2D eigenvalue weighted by molar-refractivity contribution is -0.141. The van der Waals surface area contributed by atoms with Gasteiger partial charge < -0.3 is 10.2 Å². The number of benzene rings is 3. The summed E-state index contributed by atoms with van der Waals surface area (Å²) in [6.45, 7) is 2.14. The summed E-state index contributed by atoms with van der Waals surface area (Å²) in [6.07, 6.45) is 0.805. The lowest BCUT2D eigenvalue weighted by Crippen LogP contribution is -2.49. The zero-order valence-electron chi connectivity index (χ0n) is 21.0. The van der Waals surface area contributed by atoms with Gasteiger partial charge >= 0.3 is 0 Å². The van der Waals surface area contributed by atoms with Crippen LogP contribution >= 0.6 is 0 Å². The molecular formula is C28H32FN3O4S. The fourth-order valence-electron chi connectivity index (χ4n) is 4.01. The van der Waals surface area contributed by atoms with E-state index in [-0.39, 0.29) is 42.0 Å². The van der Waals surface area contributed by atoms with E-state index in [2.05, 4.69) is 10.0 Å². The van der Waals surface area contributed by atoms with Crippen molar-refractivity contribution in [2.24, 2.45) is 0 Å². The predicted molar refractivity (Wildman–Crippen MR) is 141 cm³/mol. The largest absolute Gasteiger partial charge is 0.357 e. The molecule has 0 saturated heterocycles. The van der Waals surface area contributed by atoms with Crippen LogP contribution in [-0.4, -0.2) is 44.8 Å². The Labute approximate surface area is 217 Å². The molecule has 0 aliphatic carbocycles. The van der Waals surface area contributed by atoms with Crippen LogP contribution < -0.4 is 10.0 Å². The first kappa shape index (κ1) is 28.0. The van der Waals surface area contributed by atoms with E-state index in [9.17, 15) is 22.4 Å². The minimum Gasteiger partial charge on any atom is -0.357 e. The molecule has 0 aliphatic rings. The molecule has 37 heavy (non-hydrogen) atoms. The third-order valence-corrected chi connectivity index (χ3v) is 7.54. The summed E-state index contributed by atoms with van der Waals surface area (Å²) in [6, 6.07) is 20.9. The van der Waals surface area contributed by atoms with Gasteiger partial charge in [0, 0.05) is 33.0 Å². The molecule has 0 aromatic heterocycles. The van der Waals surface area contributed by atoms with Gasteiger partial charge in [0.25, 0.3) is 0 Å². The number of rotatable bonds is 12. The molecule has 3 rings (SSSR count). The number of nitrogens with zero attached hydrogens (tertiary/aromatic N) is 1. The number of hydrogen-bond donors (Lipinski definition) is 2. The first-order chi connectivity index (χ1) is 17.7. The van der Waals surface area contributed by atoms with E-state index in [1.165, 1.54) is 36.2 Å². The number of sulfonamides is 1. The second kappa shape index (κ2) is 13.1. The molecule has 0 spiro atoms. The van der Waals surface area contributed by atoms with Crippen LogP contribution in [0.5, 0.6) is 0 Å². The standard InChI is InChI=1S/C28H32FN3O4S/c1-3-31-37(35,36)25-16-11-21(12-17-25)13-18-27(33)32(20-23-9-14-24(29)15-10-23)26(28(34)30-2)19-22-7-5-4-6-8-22/h4-12,14-17,26,31H,3,13,18-20H2,1-2H3,(H,30,34). The van der Waals surface area contributed by atoms with Crippen molar-refractivity contribution in [2.45, 2.75) is 43.7 Å². The highest BCUT2D eigenvalue weighted by molar-refractivity contribution is 7.89. The third-order valence-electron chi connectivity index (χ3n) is 5.98. The van der Waals surface area contributed by atoms with Crippen LogP contribution in [0.2, 0.25) is 0 Å². The van der Waals surface area contributed by atoms with Gasteiger partial charge in [0.1, 0.15) is 11.9 Å². The van der Waals surface area contributed by atoms with Crippen LogP contribution in [0.15, 0.2) is 83.8 Å². The monoisotopic (exact) mass is 525 g/mol. The van der Waals surface area contributed by atoms with Crippen molar-refractivity contribution in [1.29, 1.82) is 0 Å². The Bertz CT molecular complexity index is 1280. The molecule has 1 unspecified atom stereocenters. The van der Waals surface area contributed by atoms with Crippen LogP contribution in [0.4, 0.5) is 4.39 Å². The van der Waals surface area contributed by atoms with Crippen LogP contribution in [-0.2, 0) is 39.0 Å². The molecule has 0 radical (unpaired) electrons. The molecule has 196 valence electrons. The molecule has 3 aromatic rings. The first-order valence-corrected chi connectivity index (χ1v) is 13.6. The third kappa shape index (κ3) is 7.96. The average molecular weight is 526 g/mol. The summed E-state index contributed by atoms with van der Waals surface area (Å²) < 4.78 is 40.3. The smallest absolute Gasteiger partial charge is 0.242 e. The molecule has 7 nitrogen and oxygen atoms in total. The van der Waals surface area contributed by atoms with Crippen molar-refractivity contribution < 1.29 is 22.4 Å². The molecular weight excluding hydrogens is 493 g/mol. The number of aryl methyl sites for hydroxylation is 1. The Balaban J connectivity index is 1.82. The summed E-state index contributed by atoms with van der Waals surface area (Å²) in [5, 5.41) is 2.66. The Morgan fingerprint density at radius 3 is 2.11 bits per heavy atom. The van der Waals surface area contributed by atoms with E-state index in [4.69, 9.17) is 0 Å². The van der Waals surface area contributed by atoms with Gasteiger partial charge in [-0.2, -0.15) is 0 Å². The quantitative estimate of drug-likeness (QED) is 0.379. The van der Waals surface area contributed by atoms with Gasteiger partial charge in [0.15, 0.2) is 0 Å². The second-order valence-electron chi connectivity index (χ2n) is 8.61. The molecule has 1 atom stereocenters. The van der Waals surface area contributed by atoms with E-state index in [0.29, 0.717) is 18.4 Å². The van der Waals surface area contributed by atoms with Gasteiger partial charge in [-0.05, 0) is 47.4 Å². The number of nitrogens with one attached hydrogen (secondary N) is 2. The Morgan fingerprint density at radius 1 is 0.892 bits per heavy atom. The van der Waals surface area contributed by atoms with E-state index in [1.54, 1.807) is 31.2 Å². The van der Waals surface area contributed by atoms with Crippen molar-refractivity contribution >= 4 is 21.8 Å². The van der Waals surface area contributed by atoms with Gasteiger partial charge in [-0.3, -0.25) is 9.59 Å². The van der Waals surface area contributed by atoms with E-state index in [1.807, 2.05) is 30.3 Å². The molecule has 0 heterocycles. The van der Waals surface area contributed by atoms with Crippen LogP contribution in [0, 0.1) is 5.82 Å². The molecule has 2 amide bonds. The summed E-state index contributed by atoms with van der Waals surface area (Å²) in [4.78, 5) is 28.1. The highest BCUT2D eigenvalue weighted by Gasteiger charge is 2.29. The molecule has 0 fully saturated rings. The number of likely N-dealkylation sites (N-methyl/N-ethyl adjacent to an activating group) is 1. The normalized spacial score (nSPS) is 12.1. The second-order valence-corrected chi connectivity index (χ2v) is 10.4. The fourth-order valence-corrected chi connectivity index (χ4v) is 5.05. The minimum atomic E-state index is -3.56. The van der Waals surface area contributed by atoms with E-state index in [0.717, 1.165) is 11.1 Å². The van der Waals surface area contributed by atoms with Gasteiger partial charge in [0.2, 0.25) is 21.8 Å². The van der Waals surface area contributed by atoms with Crippen molar-refractivity contribution in [1.82, 2.24) is 14.9 Å². The Morgan fingerprint density at radius 2 is 1.51 bits per heavy atom. The highest BCUT2D eigenvalue weighted by Crippen LogP contribution is 2.18. The maximum absolute atomic E-state index is 13.5. The molecule has 2 N–H and O–H groups in total. The summed E-state index contributed by atoms with van der Waals surface area (Å²) >= 11 is 0. The van der Waals surface area contributed by atoms with E-state index >= 15 is 0 Å². The van der Waals surface area contributed by atoms with Gasteiger partial charge in [0.05, 0.1) is 4.90 Å². The van der Waals surface area contributed by atoms with Crippen molar-refractivity contribution in [3.05, 3.63) is 101 Å². The fraction of sp³-hybridized carbons (Fsp3) is 0.286. The Hall–Kier alpha value is -3.56. The molecule has 0 aliphatic heterocycles. The number of carbonyl (C=O) groups excluding carboxylic acids is 2. The van der Waals surface area contributed by atoms with Crippen LogP contribution in [0.25, 0.3) is 0 Å². The lowest BCUT2D eigenvalue weighted by Gasteiger charge is -2.31. The predicted octanol–water partition coefficient (Wildman–Crippen LogP) is 3.44. The van der Waals surface area contributed by atoms with Gasteiger partial charge in [-0.1, -0.05) is 61.5 Å². The molecule has 0 saturated carbocycles. The van der Waals surface area contributed by atoms with Crippen molar-refractivity contribution in [2.75, 3.05) is 13.6 Å². The summed E-state index contributed by atoms with van der Waals surface area (Å²) in [5.41, 5.74) is 2.41. The first-order valence-electron chi connectivity index (χ1n) is 12.1. The molecule has 3 aromatic carbocycles. The molecule has 9 heteroatoms. The minimum absolute atomic E-state index is 0.114. The van der Waals surface area contributed by atoms with Crippen molar-refractivity contribution in [3.8, 4) is 0 Å². The number of carbonyl (C=O) groups is 2. The van der Waals surface area contributed by atoms with Crippen molar-refractivity contribution in [3.63, 3.8) is 0 Å². The highest BCUT2D eigenvalue weighted by atomic mass is 32.2. The lowest BCUT2D eigenvalue weighted by atomic mass is 10.0. The zero-order chi connectivity index (χ0) is 26.8. The van der Waals surface area contributed by atoms with Gasteiger partial charge in [-0.25, -0.2) is 17.5 Å². The number of halogens is 1. The van der Waals surface area contributed by atoms with Crippen LogP contribution in [0.3, 0.4) is 0 Å². The maximum atomic E-state index is 13.5. The Kier molecular flexibility index (Phi) is 9.93. The molecule has 0 bridgehead atoms. The topological polar surface area (TPSA) is 95.6 Å². The number of hydrogen-bond acceptors (Lipinski definition) is 4. The zero-order valence-corrected chi connectivity index (χ0v) is 21.8. The summed E-state index contributed by atoms with van der Waals surface area (Å²) in [5.74, 6) is -0.913. The average Bonchev–Trinajstić information content (AvgIpc) is 2.90. The summed E-state index contributed by atoms with van der Waals surface area (Å²) in [7, 11) is -2.03. The SMILES string of the molecule is CCNS(=O)(=O)c1ccc(CCC(=O)N(Cc2ccc(F)cc2)C(Cc2ccccc2)C(=O)NC)cc1. The van der Waals surface area contributed by atoms with Gasteiger partial charge in [-0.15, -0.1) is 0 Å². The maximum Gasteiger partial charge on any atom is 0.242 e. The number of amides is 2. The van der Waals surface area contributed by atoms with Crippen LogP contribution in [0.1, 0.15) is 30.0 Å². The van der Waals surface area contributed by atoms with E-state index < -0.39 is 16.1 Å².